The Balaban J connectivity index is 1.91. The summed E-state index contributed by atoms with van der Waals surface area (Å²) in [5, 5.41) is 2.21. The van der Waals surface area contributed by atoms with Crippen molar-refractivity contribution in [2.24, 2.45) is 0 Å². The van der Waals surface area contributed by atoms with Crippen molar-refractivity contribution in [1.82, 2.24) is 4.98 Å². The van der Waals surface area contributed by atoms with Gasteiger partial charge in [0.25, 0.3) is 0 Å². The van der Waals surface area contributed by atoms with E-state index in [9.17, 15) is 0 Å². The molecule has 2 aromatic carbocycles. The van der Waals surface area contributed by atoms with Crippen molar-refractivity contribution in [2.75, 3.05) is 5.73 Å². The molecule has 19 heavy (non-hydrogen) atoms. The Bertz CT molecular complexity index is 695. The maximum Gasteiger partial charge on any atom is 0.0395 e. The summed E-state index contributed by atoms with van der Waals surface area (Å²) < 4.78 is 0. The van der Waals surface area contributed by atoms with E-state index in [2.05, 4.69) is 35.3 Å². The minimum absolute atomic E-state index is 0.807. The highest BCUT2D eigenvalue weighted by molar-refractivity contribution is 7.98. The van der Waals surface area contributed by atoms with E-state index in [1.54, 1.807) is 6.20 Å². The summed E-state index contributed by atoms with van der Waals surface area (Å²) in [6, 6.07) is 16.5. The van der Waals surface area contributed by atoms with E-state index in [-0.39, 0.29) is 0 Å². The van der Waals surface area contributed by atoms with Crippen LogP contribution in [0.15, 0.2) is 65.8 Å². The van der Waals surface area contributed by atoms with Crippen LogP contribution in [0.3, 0.4) is 0 Å². The van der Waals surface area contributed by atoms with Crippen LogP contribution >= 0.6 is 11.8 Å². The van der Waals surface area contributed by atoms with Crippen molar-refractivity contribution >= 4 is 28.2 Å². The van der Waals surface area contributed by atoms with E-state index in [0.717, 1.165) is 22.2 Å². The number of aromatic nitrogens is 1. The van der Waals surface area contributed by atoms with Crippen LogP contribution < -0.4 is 5.73 Å². The van der Waals surface area contributed by atoms with Gasteiger partial charge < -0.3 is 5.73 Å². The van der Waals surface area contributed by atoms with Gasteiger partial charge in [0, 0.05) is 39.5 Å². The zero-order valence-electron chi connectivity index (χ0n) is 10.4. The SMILES string of the molecule is Nc1ccc(SCc2ccccc2)c2cnccc12. The van der Waals surface area contributed by atoms with Gasteiger partial charge in [0.2, 0.25) is 0 Å². The third-order valence-electron chi connectivity index (χ3n) is 3.05. The van der Waals surface area contributed by atoms with Gasteiger partial charge in [-0.05, 0) is 23.8 Å². The summed E-state index contributed by atoms with van der Waals surface area (Å²) in [6.45, 7) is 0. The van der Waals surface area contributed by atoms with Crippen LogP contribution in [0.25, 0.3) is 10.8 Å². The molecule has 0 spiro atoms. The summed E-state index contributed by atoms with van der Waals surface area (Å²) in [4.78, 5) is 5.42. The van der Waals surface area contributed by atoms with E-state index in [1.165, 1.54) is 10.5 Å². The lowest BCUT2D eigenvalue weighted by Gasteiger charge is -2.08. The summed E-state index contributed by atoms with van der Waals surface area (Å²) >= 11 is 1.82. The van der Waals surface area contributed by atoms with Crippen molar-refractivity contribution in [2.45, 2.75) is 10.6 Å². The number of hydrogen-bond acceptors (Lipinski definition) is 3. The molecule has 94 valence electrons. The third kappa shape index (κ3) is 2.56. The molecule has 2 nitrogen and oxygen atoms in total. The number of pyridine rings is 1. The fourth-order valence-corrected chi connectivity index (χ4v) is 3.05. The average molecular weight is 266 g/mol. The molecule has 0 aliphatic heterocycles. The van der Waals surface area contributed by atoms with Crippen molar-refractivity contribution in [3.05, 3.63) is 66.5 Å². The second kappa shape index (κ2) is 5.33. The Morgan fingerprint density at radius 1 is 0.947 bits per heavy atom. The highest BCUT2D eigenvalue weighted by Gasteiger charge is 2.04. The molecule has 3 aromatic rings. The van der Waals surface area contributed by atoms with Crippen LogP contribution in [0.4, 0.5) is 5.69 Å². The maximum absolute atomic E-state index is 6.00. The molecule has 3 rings (SSSR count). The Labute approximate surface area is 116 Å². The predicted molar refractivity (Wildman–Crippen MR) is 82.2 cm³/mol. The molecule has 1 heterocycles. The van der Waals surface area contributed by atoms with Crippen molar-refractivity contribution < 1.29 is 0 Å². The first-order valence-corrected chi connectivity index (χ1v) is 7.12. The van der Waals surface area contributed by atoms with Crippen molar-refractivity contribution in [3.8, 4) is 0 Å². The van der Waals surface area contributed by atoms with Gasteiger partial charge in [-0.15, -0.1) is 11.8 Å². The van der Waals surface area contributed by atoms with Crippen LogP contribution in [0.2, 0.25) is 0 Å². The number of nitrogens with two attached hydrogens (primary N) is 1. The zero-order valence-corrected chi connectivity index (χ0v) is 11.2. The smallest absolute Gasteiger partial charge is 0.0395 e. The zero-order chi connectivity index (χ0) is 13.1. The van der Waals surface area contributed by atoms with Gasteiger partial charge in [-0.1, -0.05) is 30.3 Å². The fraction of sp³-hybridized carbons (Fsp3) is 0.0625. The quantitative estimate of drug-likeness (QED) is 0.573. The molecule has 3 heteroatoms. The first kappa shape index (κ1) is 12.1. The highest BCUT2D eigenvalue weighted by Crippen LogP contribution is 2.32. The lowest BCUT2D eigenvalue weighted by molar-refractivity contribution is 1.34. The van der Waals surface area contributed by atoms with Crippen LogP contribution in [-0.2, 0) is 5.75 Å². The molecule has 2 N–H and O–H groups in total. The number of fused-ring (bicyclic) bond motifs is 1. The van der Waals surface area contributed by atoms with E-state index in [1.807, 2.05) is 36.2 Å². The number of nitrogen functional groups attached to an aromatic ring is 1. The summed E-state index contributed by atoms with van der Waals surface area (Å²) in [7, 11) is 0. The lowest BCUT2D eigenvalue weighted by atomic mass is 10.1. The first-order chi connectivity index (χ1) is 9.34. The summed E-state index contributed by atoms with van der Waals surface area (Å²) in [5.74, 6) is 0.953. The number of hydrogen-bond donors (Lipinski definition) is 1. The topological polar surface area (TPSA) is 38.9 Å². The molecule has 0 unspecified atom stereocenters. The molecular weight excluding hydrogens is 252 g/mol. The Kier molecular flexibility index (Phi) is 3.38. The standard InChI is InChI=1S/C16H14N2S/c17-15-6-7-16(14-10-18-9-8-13(14)15)19-11-12-4-2-1-3-5-12/h1-10H,11,17H2. The Morgan fingerprint density at radius 2 is 1.79 bits per heavy atom. The van der Waals surface area contributed by atoms with E-state index in [4.69, 9.17) is 5.73 Å². The first-order valence-electron chi connectivity index (χ1n) is 6.13. The van der Waals surface area contributed by atoms with E-state index in [0.29, 0.717) is 0 Å². The Hall–Kier alpha value is -2.00. The average Bonchev–Trinajstić information content (AvgIpc) is 2.48. The predicted octanol–water partition coefficient (Wildman–Crippen LogP) is 4.11. The van der Waals surface area contributed by atoms with Crippen molar-refractivity contribution in [3.63, 3.8) is 0 Å². The van der Waals surface area contributed by atoms with Gasteiger partial charge in [0.05, 0.1) is 0 Å². The molecule has 0 saturated carbocycles. The minimum Gasteiger partial charge on any atom is -0.398 e. The second-order valence-electron chi connectivity index (χ2n) is 4.35. The van der Waals surface area contributed by atoms with E-state index >= 15 is 0 Å². The molecule has 0 radical (unpaired) electrons. The fourth-order valence-electron chi connectivity index (χ4n) is 2.05. The third-order valence-corrected chi connectivity index (χ3v) is 4.19. The van der Waals surface area contributed by atoms with Gasteiger partial charge in [-0.3, -0.25) is 4.98 Å². The molecule has 0 saturated heterocycles. The molecule has 0 bridgehead atoms. The number of thioether (sulfide) groups is 1. The normalized spacial score (nSPS) is 10.7. The number of anilines is 1. The van der Waals surface area contributed by atoms with Gasteiger partial charge in [-0.2, -0.15) is 0 Å². The van der Waals surface area contributed by atoms with Crippen LogP contribution in [-0.4, -0.2) is 4.98 Å². The molecule has 0 atom stereocenters. The van der Waals surface area contributed by atoms with E-state index < -0.39 is 0 Å². The molecular formula is C16H14N2S. The van der Waals surface area contributed by atoms with Crippen LogP contribution in [0.5, 0.6) is 0 Å². The Morgan fingerprint density at radius 3 is 2.63 bits per heavy atom. The summed E-state index contributed by atoms with van der Waals surface area (Å²) in [5.41, 5.74) is 8.12. The van der Waals surface area contributed by atoms with Gasteiger partial charge in [0.15, 0.2) is 0 Å². The number of rotatable bonds is 3. The molecule has 0 aliphatic carbocycles. The van der Waals surface area contributed by atoms with Crippen LogP contribution in [0.1, 0.15) is 5.56 Å². The highest BCUT2D eigenvalue weighted by atomic mass is 32.2. The van der Waals surface area contributed by atoms with Crippen molar-refractivity contribution in [1.29, 1.82) is 0 Å². The minimum atomic E-state index is 0.807. The molecule has 1 aromatic heterocycles. The molecule has 0 fully saturated rings. The largest absolute Gasteiger partial charge is 0.398 e. The molecule has 0 amide bonds. The van der Waals surface area contributed by atoms with Gasteiger partial charge in [0.1, 0.15) is 0 Å². The lowest BCUT2D eigenvalue weighted by Crippen LogP contribution is -1.89. The van der Waals surface area contributed by atoms with Gasteiger partial charge in [-0.25, -0.2) is 0 Å². The summed E-state index contributed by atoms with van der Waals surface area (Å²) in [6.07, 6.45) is 3.67. The van der Waals surface area contributed by atoms with Crippen LogP contribution in [0, 0.1) is 0 Å². The molecule has 0 aliphatic rings. The second-order valence-corrected chi connectivity index (χ2v) is 5.37. The number of nitrogens with zero attached hydrogens (tertiary/aromatic N) is 1. The monoisotopic (exact) mass is 266 g/mol. The van der Waals surface area contributed by atoms with Gasteiger partial charge >= 0.3 is 0 Å². The maximum atomic E-state index is 6.00. The number of benzene rings is 2.